The first-order chi connectivity index (χ1) is 16.6. The Balaban J connectivity index is 1.42. The van der Waals surface area contributed by atoms with Gasteiger partial charge in [0.25, 0.3) is 5.91 Å². The van der Waals surface area contributed by atoms with Crippen LogP contribution in [-0.4, -0.2) is 27.3 Å². The van der Waals surface area contributed by atoms with E-state index in [0.29, 0.717) is 5.56 Å². The molecule has 0 fully saturated rings. The fraction of sp³-hybridized carbons (Fsp3) is 0.207. The van der Waals surface area contributed by atoms with Gasteiger partial charge in [0.1, 0.15) is 5.60 Å². The molecule has 3 aromatic carbocycles. The van der Waals surface area contributed by atoms with E-state index in [0.717, 1.165) is 28.9 Å². The Bertz CT molecular complexity index is 1340. The van der Waals surface area contributed by atoms with Crippen LogP contribution in [0, 0.1) is 6.92 Å². The van der Waals surface area contributed by atoms with Crippen LogP contribution in [0.2, 0.25) is 0 Å². The van der Waals surface area contributed by atoms with Crippen LogP contribution in [0.25, 0.3) is 16.8 Å². The quantitative estimate of drug-likeness (QED) is 0.380. The second-order valence-electron chi connectivity index (χ2n) is 9.57. The van der Waals surface area contributed by atoms with E-state index in [1.165, 1.54) is 11.1 Å². The molecular weight excluding hydrogens is 438 g/mol. The van der Waals surface area contributed by atoms with Crippen LogP contribution in [0.5, 0.6) is 0 Å². The lowest BCUT2D eigenvalue weighted by Crippen LogP contribution is -2.23. The summed E-state index contributed by atoms with van der Waals surface area (Å²) in [4.78, 5) is 23.6. The lowest BCUT2D eigenvalue weighted by atomic mass is 9.99. The Hall–Kier alpha value is -4.19. The predicted octanol–water partition coefficient (Wildman–Crippen LogP) is 5.49. The molecule has 6 nitrogen and oxygen atoms in total. The van der Waals surface area contributed by atoms with E-state index in [1.54, 1.807) is 22.9 Å². The number of benzene rings is 3. The molecule has 35 heavy (non-hydrogen) atoms. The number of nitrogens with zero attached hydrogens (tertiary/aromatic N) is 2. The standard InChI is InChI=1S/C29H29N3O3/c1-19-17-26(27(30)33)31-32(19)25-15-7-21(8-16-25)18-20-5-9-22(10-6-20)23-11-13-24(14-12-23)28(34)35-29(2,3)4/h5-17H,18H2,1-4H3,(H2,30,33). The van der Waals surface area contributed by atoms with Gasteiger partial charge in [-0.15, -0.1) is 0 Å². The van der Waals surface area contributed by atoms with E-state index >= 15 is 0 Å². The summed E-state index contributed by atoms with van der Waals surface area (Å²) in [5.41, 5.74) is 11.8. The van der Waals surface area contributed by atoms with Gasteiger partial charge in [-0.05, 0) is 86.7 Å². The van der Waals surface area contributed by atoms with Crippen LogP contribution >= 0.6 is 0 Å². The monoisotopic (exact) mass is 467 g/mol. The van der Waals surface area contributed by atoms with Gasteiger partial charge < -0.3 is 10.5 Å². The molecule has 0 aliphatic carbocycles. The highest BCUT2D eigenvalue weighted by Gasteiger charge is 2.17. The maximum absolute atomic E-state index is 12.2. The van der Waals surface area contributed by atoms with Gasteiger partial charge >= 0.3 is 5.97 Å². The largest absolute Gasteiger partial charge is 0.456 e. The molecule has 0 saturated heterocycles. The first-order valence-electron chi connectivity index (χ1n) is 11.5. The Morgan fingerprint density at radius 3 is 1.86 bits per heavy atom. The first kappa shape index (κ1) is 24.0. The predicted molar refractivity (Wildman–Crippen MR) is 137 cm³/mol. The number of hydrogen-bond donors (Lipinski definition) is 1. The minimum atomic E-state index is -0.536. The van der Waals surface area contributed by atoms with Crippen LogP contribution in [0.15, 0.2) is 78.9 Å². The molecule has 0 aliphatic heterocycles. The van der Waals surface area contributed by atoms with Crippen molar-refractivity contribution in [3.05, 3.63) is 107 Å². The average molecular weight is 468 g/mol. The fourth-order valence-corrected chi connectivity index (χ4v) is 3.80. The van der Waals surface area contributed by atoms with Crippen LogP contribution < -0.4 is 5.73 Å². The smallest absolute Gasteiger partial charge is 0.338 e. The van der Waals surface area contributed by atoms with Crippen molar-refractivity contribution in [2.45, 2.75) is 39.7 Å². The third-order valence-electron chi connectivity index (χ3n) is 5.54. The van der Waals surface area contributed by atoms with Crippen molar-refractivity contribution in [1.29, 1.82) is 0 Å². The van der Waals surface area contributed by atoms with E-state index in [9.17, 15) is 9.59 Å². The molecule has 0 bridgehead atoms. The van der Waals surface area contributed by atoms with Crippen molar-refractivity contribution in [3.8, 4) is 16.8 Å². The summed E-state index contributed by atoms with van der Waals surface area (Å²) in [5, 5.41) is 4.28. The molecule has 6 heteroatoms. The summed E-state index contributed by atoms with van der Waals surface area (Å²) in [6, 6.07) is 25.7. The van der Waals surface area contributed by atoms with Crippen molar-refractivity contribution in [3.63, 3.8) is 0 Å². The van der Waals surface area contributed by atoms with Crippen LogP contribution in [-0.2, 0) is 11.2 Å². The van der Waals surface area contributed by atoms with Crippen LogP contribution in [0.1, 0.15) is 58.4 Å². The third-order valence-corrected chi connectivity index (χ3v) is 5.54. The Labute approximate surface area is 205 Å². The molecule has 0 atom stereocenters. The SMILES string of the molecule is Cc1cc(C(N)=O)nn1-c1ccc(Cc2ccc(-c3ccc(C(=O)OC(C)(C)C)cc3)cc2)cc1. The Morgan fingerprint density at radius 2 is 1.37 bits per heavy atom. The Kier molecular flexibility index (Phi) is 6.56. The summed E-state index contributed by atoms with van der Waals surface area (Å²) < 4.78 is 7.14. The van der Waals surface area contributed by atoms with Gasteiger partial charge in [-0.1, -0.05) is 48.5 Å². The molecule has 0 spiro atoms. The van der Waals surface area contributed by atoms with Crippen LogP contribution in [0.3, 0.4) is 0 Å². The summed E-state index contributed by atoms with van der Waals surface area (Å²) >= 11 is 0. The van der Waals surface area contributed by atoms with Gasteiger partial charge in [0.2, 0.25) is 0 Å². The van der Waals surface area contributed by atoms with Crippen LogP contribution in [0.4, 0.5) is 0 Å². The summed E-state index contributed by atoms with van der Waals surface area (Å²) in [5.74, 6) is -0.854. The average Bonchev–Trinajstić information content (AvgIpc) is 3.21. The highest BCUT2D eigenvalue weighted by atomic mass is 16.6. The molecule has 0 unspecified atom stereocenters. The van der Waals surface area contributed by atoms with Crippen molar-refractivity contribution >= 4 is 11.9 Å². The molecule has 0 radical (unpaired) electrons. The number of hydrogen-bond acceptors (Lipinski definition) is 4. The number of carbonyl (C=O) groups is 2. The zero-order valence-electron chi connectivity index (χ0n) is 20.4. The van der Waals surface area contributed by atoms with Crippen molar-refractivity contribution < 1.29 is 14.3 Å². The third kappa shape index (κ3) is 5.84. The number of esters is 1. The van der Waals surface area contributed by atoms with Crippen molar-refractivity contribution in [1.82, 2.24) is 9.78 Å². The Morgan fingerprint density at radius 1 is 0.857 bits per heavy atom. The highest BCUT2D eigenvalue weighted by molar-refractivity contribution is 5.91. The van der Waals surface area contributed by atoms with Gasteiger partial charge in [0, 0.05) is 5.69 Å². The van der Waals surface area contributed by atoms with Crippen molar-refractivity contribution in [2.75, 3.05) is 0 Å². The lowest BCUT2D eigenvalue weighted by Gasteiger charge is -2.19. The summed E-state index contributed by atoms with van der Waals surface area (Å²) in [6.07, 6.45) is 0.794. The zero-order chi connectivity index (χ0) is 25.2. The van der Waals surface area contributed by atoms with Gasteiger partial charge in [-0.3, -0.25) is 4.79 Å². The number of ether oxygens (including phenoxy) is 1. The molecule has 4 rings (SSSR count). The number of carbonyl (C=O) groups excluding carboxylic acids is 2. The zero-order valence-corrected chi connectivity index (χ0v) is 20.4. The van der Waals surface area contributed by atoms with Gasteiger partial charge in [-0.2, -0.15) is 5.10 Å². The summed E-state index contributed by atoms with van der Waals surface area (Å²) in [7, 11) is 0. The maximum Gasteiger partial charge on any atom is 0.338 e. The molecule has 1 heterocycles. The van der Waals surface area contributed by atoms with E-state index in [4.69, 9.17) is 10.5 Å². The van der Waals surface area contributed by atoms with Gasteiger partial charge in [-0.25, -0.2) is 9.48 Å². The fourth-order valence-electron chi connectivity index (χ4n) is 3.80. The number of aromatic nitrogens is 2. The lowest BCUT2D eigenvalue weighted by molar-refractivity contribution is 0.00694. The molecule has 178 valence electrons. The maximum atomic E-state index is 12.2. The molecular formula is C29H29N3O3. The molecule has 4 aromatic rings. The minimum absolute atomic E-state index is 0.256. The number of aryl methyl sites for hydroxylation is 1. The second kappa shape index (κ2) is 9.58. The summed E-state index contributed by atoms with van der Waals surface area (Å²) in [6.45, 7) is 7.46. The van der Waals surface area contributed by atoms with E-state index in [2.05, 4.69) is 41.5 Å². The molecule has 0 saturated carbocycles. The number of nitrogens with two attached hydrogens (primary N) is 1. The number of amides is 1. The molecule has 1 aromatic heterocycles. The van der Waals surface area contributed by atoms with Gasteiger partial charge in [0.05, 0.1) is 11.3 Å². The number of primary amides is 1. The highest BCUT2D eigenvalue weighted by Crippen LogP contribution is 2.23. The van der Waals surface area contributed by atoms with E-state index in [1.807, 2.05) is 52.0 Å². The number of rotatable bonds is 6. The van der Waals surface area contributed by atoms with Crippen molar-refractivity contribution in [2.24, 2.45) is 5.73 Å². The topological polar surface area (TPSA) is 87.2 Å². The molecule has 1 amide bonds. The van der Waals surface area contributed by atoms with Gasteiger partial charge in [0.15, 0.2) is 5.69 Å². The van der Waals surface area contributed by atoms with E-state index < -0.39 is 11.5 Å². The van der Waals surface area contributed by atoms with E-state index in [-0.39, 0.29) is 11.7 Å². The molecule has 0 aliphatic rings. The minimum Gasteiger partial charge on any atom is -0.456 e. The normalized spacial score (nSPS) is 11.3. The second-order valence-corrected chi connectivity index (χ2v) is 9.57. The molecule has 2 N–H and O–H groups in total. The first-order valence-corrected chi connectivity index (χ1v) is 11.5.